The molecule has 0 saturated heterocycles. The quantitative estimate of drug-likeness (QED) is 0.313. The third-order valence-corrected chi connectivity index (χ3v) is 4.30. The largest absolute Gasteiger partial charge is 0.391 e. The minimum Gasteiger partial charge on any atom is -0.391 e. The zero-order chi connectivity index (χ0) is 15.3. The van der Waals surface area contributed by atoms with E-state index in [0.717, 1.165) is 24.8 Å². The fourth-order valence-corrected chi connectivity index (χ4v) is 2.81. The van der Waals surface area contributed by atoms with Crippen LogP contribution in [0, 0.1) is 11.8 Å². The predicted molar refractivity (Wildman–Crippen MR) is 84.6 cm³/mol. The minimum atomic E-state index is -0.395. The van der Waals surface area contributed by atoms with Crippen molar-refractivity contribution in [3.63, 3.8) is 0 Å². The average Bonchev–Trinajstić information content (AvgIpc) is 2.51. The van der Waals surface area contributed by atoms with Gasteiger partial charge in [0.15, 0.2) is 0 Å². The summed E-state index contributed by atoms with van der Waals surface area (Å²) in [6.45, 7) is 12.3. The van der Waals surface area contributed by atoms with Gasteiger partial charge in [0.05, 0.1) is 18.2 Å². The summed E-state index contributed by atoms with van der Waals surface area (Å²) in [6, 6.07) is -0.0549. The van der Waals surface area contributed by atoms with E-state index in [2.05, 4.69) is 25.9 Å². The van der Waals surface area contributed by atoms with E-state index in [1.165, 1.54) is 0 Å². The summed E-state index contributed by atoms with van der Waals surface area (Å²) in [5, 5.41) is 12.1. The second-order valence-electron chi connectivity index (χ2n) is 6.34. The Morgan fingerprint density at radius 3 is 2.65 bits per heavy atom. The molecule has 4 N–H and O–H groups in total. The normalized spacial score (nSPS) is 33.4. The highest BCUT2D eigenvalue weighted by molar-refractivity contribution is 5.11. The lowest BCUT2D eigenvalue weighted by Crippen LogP contribution is -2.59. The van der Waals surface area contributed by atoms with Crippen LogP contribution in [0.2, 0.25) is 0 Å². The molecule has 4 nitrogen and oxygen atoms in total. The van der Waals surface area contributed by atoms with Crippen LogP contribution in [0.15, 0.2) is 24.3 Å². The monoisotopic (exact) mass is 281 g/mol. The SMILES string of the molecule is C=C(C)C(/C=C\C)NN(N)C1CC(C)CCC(C)C1O. The van der Waals surface area contributed by atoms with E-state index in [1.54, 1.807) is 5.12 Å². The first-order chi connectivity index (χ1) is 9.36. The fourth-order valence-electron chi connectivity index (χ4n) is 2.81. The van der Waals surface area contributed by atoms with Crippen LogP contribution < -0.4 is 11.3 Å². The summed E-state index contributed by atoms with van der Waals surface area (Å²) < 4.78 is 0. The van der Waals surface area contributed by atoms with Crippen molar-refractivity contribution < 1.29 is 5.11 Å². The Kier molecular flexibility index (Phi) is 6.89. The number of allylic oxidation sites excluding steroid dienone is 1. The van der Waals surface area contributed by atoms with Crippen LogP contribution in [0.25, 0.3) is 0 Å². The van der Waals surface area contributed by atoms with Crippen molar-refractivity contribution in [1.29, 1.82) is 0 Å². The molecule has 4 heteroatoms. The van der Waals surface area contributed by atoms with E-state index in [4.69, 9.17) is 5.84 Å². The molecular weight excluding hydrogens is 250 g/mol. The Bertz CT molecular complexity index is 343. The Morgan fingerprint density at radius 1 is 1.45 bits per heavy atom. The second-order valence-corrected chi connectivity index (χ2v) is 6.34. The van der Waals surface area contributed by atoms with Gasteiger partial charge >= 0.3 is 0 Å². The number of aliphatic hydroxyl groups is 1. The molecule has 1 aliphatic carbocycles. The van der Waals surface area contributed by atoms with E-state index in [0.29, 0.717) is 5.92 Å². The lowest BCUT2D eigenvalue weighted by molar-refractivity contribution is -0.0142. The number of aliphatic hydroxyl groups excluding tert-OH is 1. The number of hydrogen-bond donors (Lipinski definition) is 3. The molecule has 1 aliphatic rings. The first kappa shape index (κ1) is 17.4. The summed E-state index contributed by atoms with van der Waals surface area (Å²) >= 11 is 0. The fraction of sp³-hybridized carbons (Fsp3) is 0.750. The van der Waals surface area contributed by atoms with Crippen molar-refractivity contribution in [2.75, 3.05) is 0 Å². The van der Waals surface area contributed by atoms with Crippen molar-refractivity contribution in [3.05, 3.63) is 24.3 Å². The predicted octanol–water partition coefficient (Wildman–Crippen LogP) is 2.37. The minimum absolute atomic E-state index is 0.00562. The molecule has 116 valence electrons. The Hall–Kier alpha value is -0.680. The third kappa shape index (κ3) is 4.70. The molecule has 20 heavy (non-hydrogen) atoms. The molecule has 0 spiro atoms. The van der Waals surface area contributed by atoms with Gasteiger partial charge in [-0.1, -0.05) is 44.6 Å². The van der Waals surface area contributed by atoms with Gasteiger partial charge in [-0.25, -0.2) is 5.43 Å². The van der Waals surface area contributed by atoms with Crippen LogP contribution in [0.3, 0.4) is 0 Å². The molecule has 0 aromatic rings. The Balaban J connectivity index is 2.76. The summed E-state index contributed by atoms with van der Waals surface area (Å²) in [7, 11) is 0. The molecule has 0 aromatic carbocycles. The summed E-state index contributed by atoms with van der Waals surface area (Å²) in [5.41, 5.74) is 4.25. The number of nitrogens with two attached hydrogens (primary N) is 1. The Morgan fingerprint density at radius 2 is 2.10 bits per heavy atom. The highest BCUT2D eigenvalue weighted by atomic mass is 16.3. The van der Waals surface area contributed by atoms with Gasteiger partial charge in [0.1, 0.15) is 0 Å². The maximum atomic E-state index is 10.5. The maximum Gasteiger partial charge on any atom is 0.0749 e. The van der Waals surface area contributed by atoms with Crippen molar-refractivity contribution in [3.8, 4) is 0 Å². The topological polar surface area (TPSA) is 61.5 Å². The van der Waals surface area contributed by atoms with Crippen molar-refractivity contribution in [2.24, 2.45) is 17.7 Å². The van der Waals surface area contributed by atoms with Crippen molar-refractivity contribution >= 4 is 0 Å². The first-order valence-electron chi connectivity index (χ1n) is 7.63. The number of hydrazine groups is 2. The van der Waals surface area contributed by atoms with E-state index >= 15 is 0 Å². The van der Waals surface area contributed by atoms with Crippen LogP contribution in [0.1, 0.15) is 47.0 Å². The zero-order valence-electron chi connectivity index (χ0n) is 13.3. The van der Waals surface area contributed by atoms with Crippen LogP contribution >= 0.6 is 0 Å². The summed E-state index contributed by atoms with van der Waals surface area (Å²) in [4.78, 5) is 0. The highest BCUT2D eigenvalue weighted by Crippen LogP contribution is 2.29. The van der Waals surface area contributed by atoms with E-state index in [1.807, 2.05) is 26.0 Å². The van der Waals surface area contributed by atoms with Gasteiger partial charge in [-0.05, 0) is 38.5 Å². The second kappa shape index (κ2) is 7.93. The van der Waals surface area contributed by atoms with E-state index < -0.39 is 6.10 Å². The van der Waals surface area contributed by atoms with Crippen LogP contribution in [-0.2, 0) is 0 Å². The molecule has 0 heterocycles. The maximum absolute atomic E-state index is 10.5. The molecule has 0 aliphatic heterocycles. The number of nitrogens with zero attached hydrogens (tertiary/aromatic N) is 1. The number of hydrogen-bond acceptors (Lipinski definition) is 4. The highest BCUT2D eigenvalue weighted by Gasteiger charge is 2.33. The lowest BCUT2D eigenvalue weighted by Gasteiger charge is -2.35. The average molecular weight is 281 g/mol. The van der Waals surface area contributed by atoms with E-state index in [9.17, 15) is 5.11 Å². The molecule has 5 unspecified atom stereocenters. The summed E-state index contributed by atoms with van der Waals surface area (Å²) in [6.07, 6.45) is 6.74. The van der Waals surface area contributed by atoms with Crippen LogP contribution in [0.5, 0.6) is 0 Å². The van der Waals surface area contributed by atoms with Crippen LogP contribution in [-0.4, -0.2) is 28.4 Å². The van der Waals surface area contributed by atoms with Gasteiger partial charge in [-0.15, -0.1) is 0 Å². The lowest BCUT2D eigenvalue weighted by atomic mass is 9.96. The third-order valence-electron chi connectivity index (χ3n) is 4.30. The van der Waals surface area contributed by atoms with Gasteiger partial charge in [0.25, 0.3) is 0 Å². The summed E-state index contributed by atoms with van der Waals surface area (Å²) in [5.74, 6) is 7.05. The smallest absolute Gasteiger partial charge is 0.0749 e. The standard InChI is InChI=1S/C16H31N3O/c1-6-7-14(11(2)3)18-19(17)15-10-12(4)8-9-13(5)16(15)20/h6-7,12-16,18,20H,2,8-10,17H2,1,3-5H3/b7-6-. The zero-order valence-corrected chi connectivity index (χ0v) is 13.3. The van der Waals surface area contributed by atoms with Gasteiger partial charge in [-0.2, -0.15) is 5.12 Å². The molecule has 0 radical (unpaired) electrons. The molecular formula is C16H31N3O. The molecule has 0 bridgehead atoms. The van der Waals surface area contributed by atoms with Gasteiger partial charge in [-0.3, -0.25) is 5.84 Å². The molecule has 0 aromatic heterocycles. The Labute approximate surface area is 123 Å². The van der Waals surface area contributed by atoms with Crippen LogP contribution in [0.4, 0.5) is 0 Å². The van der Waals surface area contributed by atoms with Gasteiger partial charge in [0.2, 0.25) is 0 Å². The van der Waals surface area contributed by atoms with Gasteiger partial charge in [0, 0.05) is 0 Å². The molecule has 0 amide bonds. The first-order valence-corrected chi connectivity index (χ1v) is 7.63. The molecule has 1 fully saturated rings. The number of rotatable bonds is 5. The van der Waals surface area contributed by atoms with Crippen molar-refractivity contribution in [1.82, 2.24) is 10.5 Å². The van der Waals surface area contributed by atoms with Crippen molar-refractivity contribution in [2.45, 2.75) is 65.1 Å². The molecule has 1 saturated carbocycles. The molecule has 5 atom stereocenters. The molecule has 1 rings (SSSR count). The number of nitrogens with one attached hydrogen (secondary N) is 1. The van der Waals surface area contributed by atoms with E-state index in [-0.39, 0.29) is 18.0 Å². The van der Waals surface area contributed by atoms with Gasteiger partial charge < -0.3 is 5.11 Å².